The molecule has 19 heavy (non-hydrogen) atoms. The molecule has 2 aromatic carbocycles. The summed E-state index contributed by atoms with van der Waals surface area (Å²) in [6.07, 6.45) is 0. The molecule has 0 atom stereocenters. The Kier molecular flexibility index (Phi) is 3.45. The number of aryl methyl sites for hydroxylation is 1. The molecule has 0 bridgehead atoms. The SMILES string of the molecule is Cc1ccc(Oc2ccc(C#N)cc2F)c(C#N)c1. The first-order chi connectivity index (χ1) is 9.13. The molecule has 0 aliphatic carbocycles. The van der Waals surface area contributed by atoms with E-state index in [0.29, 0.717) is 5.56 Å². The number of nitrogens with zero attached hydrogens (tertiary/aromatic N) is 2. The second-order valence-electron chi connectivity index (χ2n) is 3.97. The molecule has 0 amide bonds. The summed E-state index contributed by atoms with van der Waals surface area (Å²) in [5.41, 5.74) is 1.47. The van der Waals surface area contributed by atoms with Crippen LogP contribution < -0.4 is 4.74 Å². The predicted molar refractivity (Wildman–Crippen MR) is 67.1 cm³/mol. The van der Waals surface area contributed by atoms with Gasteiger partial charge in [-0.3, -0.25) is 0 Å². The maximum Gasteiger partial charge on any atom is 0.167 e. The molecule has 0 saturated carbocycles. The smallest absolute Gasteiger partial charge is 0.167 e. The van der Waals surface area contributed by atoms with Gasteiger partial charge in [0.1, 0.15) is 11.8 Å². The third-order valence-electron chi connectivity index (χ3n) is 2.54. The second kappa shape index (κ2) is 5.20. The van der Waals surface area contributed by atoms with Crippen molar-refractivity contribution in [1.82, 2.24) is 0 Å². The van der Waals surface area contributed by atoms with Crippen LogP contribution in [-0.4, -0.2) is 0 Å². The minimum Gasteiger partial charge on any atom is -0.453 e. The van der Waals surface area contributed by atoms with E-state index < -0.39 is 5.82 Å². The van der Waals surface area contributed by atoms with Gasteiger partial charge in [-0.25, -0.2) is 4.39 Å². The molecule has 0 fully saturated rings. The summed E-state index contributed by atoms with van der Waals surface area (Å²) >= 11 is 0. The van der Waals surface area contributed by atoms with Gasteiger partial charge in [0.2, 0.25) is 0 Å². The topological polar surface area (TPSA) is 56.8 Å². The fourth-order valence-electron chi connectivity index (χ4n) is 1.59. The molecular formula is C15H9FN2O. The number of hydrogen-bond acceptors (Lipinski definition) is 3. The van der Waals surface area contributed by atoms with Gasteiger partial charge in [-0.2, -0.15) is 10.5 Å². The lowest BCUT2D eigenvalue weighted by Gasteiger charge is -2.08. The van der Waals surface area contributed by atoms with Crippen molar-refractivity contribution >= 4 is 0 Å². The van der Waals surface area contributed by atoms with E-state index in [2.05, 4.69) is 0 Å². The van der Waals surface area contributed by atoms with Gasteiger partial charge in [0, 0.05) is 0 Å². The highest BCUT2D eigenvalue weighted by Gasteiger charge is 2.09. The highest BCUT2D eigenvalue weighted by atomic mass is 19.1. The average Bonchev–Trinajstić information content (AvgIpc) is 2.42. The van der Waals surface area contributed by atoms with Gasteiger partial charge in [0.05, 0.1) is 17.2 Å². The molecule has 0 aromatic heterocycles. The fraction of sp³-hybridized carbons (Fsp3) is 0.0667. The Labute approximate surface area is 110 Å². The normalized spacial score (nSPS) is 9.47. The summed E-state index contributed by atoms with van der Waals surface area (Å²) in [5, 5.41) is 17.7. The van der Waals surface area contributed by atoms with E-state index in [9.17, 15) is 4.39 Å². The lowest BCUT2D eigenvalue weighted by molar-refractivity contribution is 0.441. The maximum atomic E-state index is 13.7. The second-order valence-corrected chi connectivity index (χ2v) is 3.97. The third-order valence-corrected chi connectivity index (χ3v) is 2.54. The van der Waals surface area contributed by atoms with Crippen LogP contribution in [0.4, 0.5) is 4.39 Å². The predicted octanol–water partition coefficient (Wildman–Crippen LogP) is 3.67. The van der Waals surface area contributed by atoms with Crippen LogP contribution in [0.3, 0.4) is 0 Å². The summed E-state index contributed by atoms with van der Waals surface area (Å²) < 4.78 is 19.1. The number of nitriles is 2. The molecule has 0 heterocycles. The zero-order valence-electron chi connectivity index (χ0n) is 10.1. The van der Waals surface area contributed by atoms with Crippen LogP contribution in [0.1, 0.15) is 16.7 Å². The zero-order valence-corrected chi connectivity index (χ0v) is 10.1. The van der Waals surface area contributed by atoms with Crippen molar-refractivity contribution in [2.75, 3.05) is 0 Å². The molecular weight excluding hydrogens is 243 g/mol. The maximum absolute atomic E-state index is 13.7. The molecule has 0 saturated heterocycles. The van der Waals surface area contributed by atoms with Gasteiger partial charge in [-0.15, -0.1) is 0 Å². The van der Waals surface area contributed by atoms with Crippen LogP contribution in [0.2, 0.25) is 0 Å². The van der Waals surface area contributed by atoms with Crippen molar-refractivity contribution in [3.05, 3.63) is 58.9 Å². The lowest BCUT2D eigenvalue weighted by atomic mass is 10.1. The summed E-state index contributed by atoms with van der Waals surface area (Å²) in [4.78, 5) is 0. The zero-order chi connectivity index (χ0) is 13.8. The first kappa shape index (κ1) is 12.6. The van der Waals surface area contributed by atoms with Gasteiger partial charge in [0.15, 0.2) is 11.6 Å². The van der Waals surface area contributed by atoms with E-state index in [-0.39, 0.29) is 17.1 Å². The quantitative estimate of drug-likeness (QED) is 0.819. The van der Waals surface area contributed by atoms with E-state index >= 15 is 0 Å². The number of benzene rings is 2. The van der Waals surface area contributed by atoms with E-state index in [1.807, 2.05) is 19.1 Å². The standard InChI is InChI=1S/C15H9FN2O/c1-10-2-4-14(12(6-10)9-18)19-15-5-3-11(8-17)7-13(15)16/h2-7H,1H3. The third kappa shape index (κ3) is 2.70. The number of hydrogen-bond donors (Lipinski definition) is 0. The number of rotatable bonds is 2. The van der Waals surface area contributed by atoms with Gasteiger partial charge < -0.3 is 4.74 Å². The molecule has 4 heteroatoms. The molecule has 3 nitrogen and oxygen atoms in total. The summed E-state index contributed by atoms with van der Waals surface area (Å²) in [6, 6.07) is 12.8. The van der Waals surface area contributed by atoms with E-state index in [0.717, 1.165) is 11.6 Å². The Balaban J connectivity index is 2.37. The summed E-state index contributed by atoms with van der Waals surface area (Å²) in [5.74, 6) is -0.362. The van der Waals surface area contributed by atoms with Gasteiger partial charge in [-0.05, 0) is 42.8 Å². The van der Waals surface area contributed by atoms with Crippen molar-refractivity contribution in [2.24, 2.45) is 0 Å². The molecule has 0 unspecified atom stereocenters. The largest absolute Gasteiger partial charge is 0.453 e. The van der Waals surface area contributed by atoms with Crippen LogP contribution in [-0.2, 0) is 0 Å². The van der Waals surface area contributed by atoms with E-state index in [4.69, 9.17) is 15.3 Å². The molecule has 0 spiro atoms. The summed E-state index contributed by atoms with van der Waals surface area (Å²) in [6.45, 7) is 1.85. The highest BCUT2D eigenvalue weighted by molar-refractivity contribution is 5.48. The Morgan fingerprint density at radius 1 is 1.00 bits per heavy atom. The highest BCUT2D eigenvalue weighted by Crippen LogP contribution is 2.28. The van der Waals surface area contributed by atoms with Gasteiger partial charge >= 0.3 is 0 Å². The Morgan fingerprint density at radius 3 is 2.37 bits per heavy atom. The first-order valence-electron chi connectivity index (χ1n) is 5.52. The monoisotopic (exact) mass is 252 g/mol. The minimum absolute atomic E-state index is 0.0145. The average molecular weight is 252 g/mol. The van der Waals surface area contributed by atoms with Crippen molar-refractivity contribution in [3.8, 4) is 23.6 Å². The number of ether oxygens (including phenoxy) is 1. The fourth-order valence-corrected chi connectivity index (χ4v) is 1.59. The Bertz CT molecular complexity index is 711. The molecule has 0 aliphatic heterocycles. The molecule has 2 aromatic rings. The van der Waals surface area contributed by atoms with Crippen molar-refractivity contribution in [1.29, 1.82) is 10.5 Å². The van der Waals surface area contributed by atoms with Crippen molar-refractivity contribution in [3.63, 3.8) is 0 Å². The Hall–Kier alpha value is -2.85. The molecule has 92 valence electrons. The molecule has 0 radical (unpaired) electrons. The molecule has 0 aliphatic rings. The summed E-state index contributed by atoms with van der Waals surface area (Å²) in [7, 11) is 0. The molecule has 0 N–H and O–H groups in total. The Morgan fingerprint density at radius 2 is 1.74 bits per heavy atom. The van der Waals surface area contributed by atoms with Crippen molar-refractivity contribution < 1.29 is 9.13 Å². The van der Waals surface area contributed by atoms with E-state index in [1.165, 1.54) is 12.1 Å². The molecule has 2 rings (SSSR count). The van der Waals surface area contributed by atoms with Gasteiger partial charge in [-0.1, -0.05) is 6.07 Å². The van der Waals surface area contributed by atoms with Crippen LogP contribution in [0.15, 0.2) is 36.4 Å². The van der Waals surface area contributed by atoms with E-state index in [1.54, 1.807) is 18.2 Å². The van der Waals surface area contributed by atoms with Crippen molar-refractivity contribution in [2.45, 2.75) is 6.92 Å². The van der Waals surface area contributed by atoms with Crippen LogP contribution in [0, 0.1) is 35.4 Å². The van der Waals surface area contributed by atoms with Crippen LogP contribution in [0.5, 0.6) is 11.5 Å². The minimum atomic E-state index is -0.636. The van der Waals surface area contributed by atoms with Crippen LogP contribution >= 0.6 is 0 Å². The number of halogens is 1. The first-order valence-corrected chi connectivity index (χ1v) is 5.52. The lowest BCUT2D eigenvalue weighted by Crippen LogP contribution is -1.92. The van der Waals surface area contributed by atoms with Gasteiger partial charge in [0.25, 0.3) is 0 Å². The van der Waals surface area contributed by atoms with Crippen LogP contribution in [0.25, 0.3) is 0 Å².